The molecule has 1 aromatic heterocycles. The van der Waals surface area contributed by atoms with Crippen molar-refractivity contribution in [2.24, 2.45) is 5.92 Å². The Morgan fingerprint density at radius 2 is 2.12 bits per heavy atom. The van der Waals surface area contributed by atoms with Crippen molar-refractivity contribution >= 4 is 5.91 Å². The van der Waals surface area contributed by atoms with Gasteiger partial charge < -0.3 is 10.4 Å². The summed E-state index contributed by atoms with van der Waals surface area (Å²) in [4.78, 5) is 15.7. The minimum absolute atomic E-state index is 0.000428. The Labute approximate surface area is 102 Å². The summed E-state index contributed by atoms with van der Waals surface area (Å²) >= 11 is 0. The number of aromatic nitrogens is 1. The SMILES string of the molecule is CC(C)C(=O)NCc1cccc(C(C)(C)O)n1. The van der Waals surface area contributed by atoms with E-state index in [1.165, 1.54) is 0 Å². The topological polar surface area (TPSA) is 62.2 Å². The molecule has 0 saturated carbocycles. The first-order chi connectivity index (χ1) is 7.80. The Morgan fingerprint density at radius 1 is 1.47 bits per heavy atom. The Bertz CT molecular complexity index is 395. The Hall–Kier alpha value is -1.42. The maximum absolute atomic E-state index is 11.4. The van der Waals surface area contributed by atoms with Crippen LogP contribution in [-0.4, -0.2) is 16.0 Å². The molecule has 0 aliphatic heterocycles. The maximum Gasteiger partial charge on any atom is 0.222 e. The van der Waals surface area contributed by atoms with Gasteiger partial charge in [0.2, 0.25) is 5.91 Å². The van der Waals surface area contributed by atoms with Crippen LogP contribution in [-0.2, 0) is 16.9 Å². The van der Waals surface area contributed by atoms with Gasteiger partial charge in [-0.15, -0.1) is 0 Å². The molecule has 94 valence electrons. The highest BCUT2D eigenvalue weighted by atomic mass is 16.3. The van der Waals surface area contributed by atoms with E-state index in [1.807, 2.05) is 26.0 Å². The Balaban J connectivity index is 2.70. The van der Waals surface area contributed by atoms with Crippen molar-refractivity contribution in [3.8, 4) is 0 Å². The third-order valence-electron chi connectivity index (χ3n) is 2.40. The van der Waals surface area contributed by atoms with E-state index >= 15 is 0 Å². The summed E-state index contributed by atoms with van der Waals surface area (Å²) in [6.07, 6.45) is 0. The van der Waals surface area contributed by atoms with Crippen molar-refractivity contribution in [2.45, 2.75) is 39.8 Å². The largest absolute Gasteiger partial charge is 0.384 e. The van der Waals surface area contributed by atoms with Crippen molar-refractivity contribution < 1.29 is 9.90 Å². The van der Waals surface area contributed by atoms with Gasteiger partial charge in [-0.25, -0.2) is 0 Å². The molecule has 4 nitrogen and oxygen atoms in total. The van der Waals surface area contributed by atoms with E-state index in [1.54, 1.807) is 19.9 Å². The molecule has 0 aliphatic rings. The van der Waals surface area contributed by atoms with E-state index in [-0.39, 0.29) is 11.8 Å². The molecular weight excluding hydrogens is 216 g/mol. The minimum atomic E-state index is -0.960. The lowest BCUT2D eigenvalue weighted by atomic mass is 10.0. The Morgan fingerprint density at radius 3 is 2.65 bits per heavy atom. The molecule has 4 heteroatoms. The molecule has 0 aromatic carbocycles. The van der Waals surface area contributed by atoms with Crippen LogP contribution in [0.1, 0.15) is 39.1 Å². The number of carbonyl (C=O) groups excluding carboxylic acids is 1. The predicted octanol–water partition coefficient (Wildman–Crippen LogP) is 1.58. The molecule has 0 saturated heterocycles. The number of rotatable bonds is 4. The van der Waals surface area contributed by atoms with Crippen LogP contribution in [0.25, 0.3) is 0 Å². The zero-order valence-electron chi connectivity index (χ0n) is 10.8. The van der Waals surface area contributed by atoms with Gasteiger partial charge in [0, 0.05) is 5.92 Å². The van der Waals surface area contributed by atoms with Gasteiger partial charge in [0.25, 0.3) is 0 Å². The van der Waals surface area contributed by atoms with Gasteiger partial charge >= 0.3 is 0 Å². The zero-order chi connectivity index (χ0) is 13.1. The standard InChI is InChI=1S/C13H20N2O2/c1-9(2)12(16)14-8-10-6-5-7-11(15-10)13(3,4)17/h5-7,9,17H,8H2,1-4H3,(H,14,16). The third kappa shape index (κ3) is 4.15. The number of nitrogens with zero attached hydrogens (tertiary/aromatic N) is 1. The fourth-order valence-electron chi connectivity index (χ4n) is 1.30. The van der Waals surface area contributed by atoms with Crippen molar-refractivity contribution in [1.82, 2.24) is 10.3 Å². The smallest absolute Gasteiger partial charge is 0.222 e. The van der Waals surface area contributed by atoms with E-state index in [4.69, 9.17) is 0 Å². The van der Waals surface area contributed by atoms with Crippen molar-refractivity contribution in [1.29, 1.82) is 0 Å². The van der Waals surface area contributed by atoms with Crippen LogP contribution in [0, 0.1) is 5.92 Å². The van der Waals surface area contributed by atoms with E-state index in [2.05, 4.69) is 10.3 Å². The van der Waals surface area contributed by atoms with Crippen LogP contribution in [0.5, 0.6) is 0 Å². The quantitative estimate of drug-likeness (QED) is 0.834. The first-order valence-electron chi connectivity index (χ1n) is 5.77. The van der Waals surface area contributed by atoms with Gasteiger partial charge in [0.1, 0.15) is 5.60 Å². The summed E-state index contributed by atoms with van der Waals surface area (Å²) < 4.78 is 0. The molecule has 2 N–H and O–H groups in total. The van der Waals surface area contributed by atoms with Crippen LogP contribution in [0.2, 0.25) is 0 Å². The average molecular weight is 236 g/mol. The maximum atomic E-state index is 11.4. The molecule has 0 aliphatic carbocycles. The van der Waals surface area contributed by atoms with Gasteiger partial charge in [-0.1, -0.05) is 19.9 Å². The molecule has 17 heavy (non-hydrogen) atoms. The molecule has 0 unspecified atom stereocenters. The molecular formula is C13H20N2O2. The lowest BCUT2D eigenvalue weighted by Gasteiger charge is -2.17. The molecule has 1 aromatic rings. The number of hydrogen-bond acceptors (Lipinski definition) is 3. The lowest BCUT2D eigenvalue weighted by Crippen LogP contribution is -2.28. The molecule has 1 heterocycles. The van der Waals surface area contributed by atoms with Crippen molar-refractivity contribution in [2.75, 3.05) is 0 Å². The van der Waals surface area contributed by atoms with E-state index in [0.717, 1.165) is 5.69 Å². The number of aliphatic hydroxyl groups is 1. The number of nitrogens with one attached hydrogen (secondary N) is 1. The molecule has 0 bridgehead atoms. The highest BCUT2D eigenvalue weighted by molar-refractivity contribution is 5.77. The number of amides is 1. The van der Waals surface area contributed by atoms with Crippen LogP contribution in [0.15, 0.2) is 18.2 Å². The normalized spacial score (nSPS) is 11.6. The average Bonchev–Trinajstić information content (AvgIpc) is 2.25. The Kier molecular flexibility index (Phi) is 4.23. The second kappa shape index (κ2) is 5.27. The van der Waals surface area contributed by atoms with Crippen LogP contribution in [0.3, 0.4) is 0 Å². The zero-order valence-corrected chi connectivity index (χ0v) is 10.8. The lowest BCUT2D eigenvalue weighted by molar-refractivity contribution is -0.124. The van der Waals surface area contributed by atoms with Crippen molar-refractivity contribution in [3.05, 3.63) is 29.6 Å². The van der Waals surface area contributed by atoms with E-state index < -0.39 is 5.60 Å². The van der Waals surface area contributed by atoms with E-state index in [9.17, 15) is 9.90 Å². The van der Waals surface area contributed by atoms with Gasteiger partial charge in [0.05, 0.1) is 17.9 Å². The number of pyridine rings is 1. The number of hydrogen-bond donors (Lipinski definition) is 2. The summed E-state index contributed by atoms with van der Waals surface area (Å²) in [5.41, 5.74) is 0.394. The second-order valence-corrected chi connectivity index (χ2v) is 4.95. The summed E-state index contributed by atoms with van der Waals surface area (Å²) in [7, 11) is 0. The number of carbonyl (C=O) groups is 1. The fraction of sp³-hybridized carbons (Fsp3) is 0.538. The van der Waals surface area contributed by atoms with Gasteiger partial charge in [-0.05, 0) is 26.0 Å². The predicted molar refractivity (Wildman–Crippen MR) is 66.2 cm³/mol. The third-order valence-corrected chi connectivity index (χ3v) is 2.40. The van der Waals surface area contributed by atoms with Crippen LogP contribution >= 0.6 is 0 Å². The summed E-state index contributed by atoms with van der Waals surface area (Å²) in [5.74, 6) is -0.0343. The highest BCUT2D eigenvalue weighted by Crippen LogP contribution is 2.16. The molecule has 0 radical (unpaired) electrons. The van der Waals surface area contributed by atoms with E-state index in [0.29, 0.717) is 12.2 Å². The van der Waals surface area contributed by atoms with Crippen LogP contribution in [0.4, 0.5) is 0 Å². The molecule has 0 fully saturated rings. The minimum Gasteiger partial charge on any atom is -0.384 e. The first kappa shape index (κ1) is 13.6. The molecule has 0 atom stereocenters. The summed E-state index contributed by atoms with van der Waals surface area (Å²) in [5, 5.41) is 12.6. The van der Waals surface area contributed by atoms with Gasteiger partial charge in [0.15, 0.2) is 0 Å². The monoisotopic (exact) mass is 236 g/mol. The summed E-state index contributed by atoms with van der Waals surface area (Å²) in [6, 6.07) is 5.43. The van der Waals surface area contributed by atoms with Gasteiger partial charge in [-0.3, -0.25) is 9.78 Å². The second-order valence-electron chi connectivity index (χ2n) is 4.95. The van der Waals surface area contributed by atoms with Gasteiger partial charge in [-0.2, -0.15) is 0 Å². The summed E-state index contributed by atoms with van der Waals surface area (Å²) in [6.45, 7) is 7.45. The molecule has 0 spiro atoms. The fourth-order valence-corrected chi connectivity index (χ4v) is 1.30. The highest BCUT2D eigenvalue weighted by Gasteiger charge is 2.17. The van der Waals surface area contributed by atoms with Crippen molar-refractivity contribution in [3.63, 3.8) is 0 Å². The first-order valence-corrected chi connectivity index (χ1v) is 5.77. The van der Waals surface area contributed by atoms with Crippen LogP contribution < -0.4 is 5.32 Å². The molecule has 1 rings (SSSR count). The molecule has 1 amide bonds.